The van der Waals surface area contributed by atoms with Crippen molar-refractivity contribution < 1.29 is 14.7 Å². The molecule has 3 amide bonds. The summed E-state index contributed by atoms with van der Waals surface area (Å²) in [5.41, 5.74) is 1.35. The predicted octanol–water partition coefficient (Wildman–Crippen LogP) is 1.86. The molecule has 1 atom stereocenters. The highest BCUT2D eigenvalue weighted by Gasteiger charge is 2.22. The molecule has 9 heteroatoms. The van der Waals surface area contributed by atoms with Crippen molar-refractivity contribution in [2.45, 2.75) is 19.3 Å². The number of likely N-dealkylation sites (tertiary alicyclic amines) is 1. The number of anilines is 1. The number of aromatic amines is 1. The summed E-state index contributed by atoms with van der Waals surface area (Å²) >= 11 is 0. The van der Waals surface area contributed by atoms with Crippen LogP contribution in [0.25, 0.3) is 11.2 Å². The minimum atomic E-state index is -0.871. The lowest BCUT2D eigenvalue weighted by Gasteiger charge is -2.30. The van der Waals surface area contributed by atoms with Gasteiger partial charge in [0.25, 0.3) is 0 Å². The van der Waals surface area contributed by atoms with Gasteiger partial charge in [-0.2, -0.15) is 0 Å². The van der Waals surface area contributed by atoms with Crippen LogP contribution < -0.4 is 10.6 Å². The van der Waals surface area contributed by atoms with Crippen molar-refractivity contribution >= 4 is 29.1 Å². The number of hydrogen-bond donors (Lipinski definition) is 4. The number of fused-ring (bicyclic) bond motifs is 1. The van der Waals surface area contributed by atoms with Crippen molar-refractivity contribution in [2.75, 3.05) is 25.0 Å². The summed E-state index contributed by atoms with van der Waals surface area (Å²) in [4.78, 5) is 35.7. The van der Waals surface area contributed by atoms with Crippen molar-refractivity contribution in [1.29, 1.82) is 0 Å². The Labute approximate surface area is 138 Å². The summed E-state index contributed by atoms with van der Waals surface area (Å²) in [5, 5.41) is 14.4. The summed E-state index contributed by atoms with van der Waals surface area (Å²) in [6.07, 6.45) is 4.96. The number of amides is 3. The Balaban J connectivity index is 1.43. The monoisotopic (exact) mass is 332 g/mol. The minimum Gasteiger partial charge on any atom is -0.465 e. The Kier molecular flexibility index (Phi) is 4.78. The van der Waals surface area contributed by atoms with Crippen LogP contribution in [0.15, 0.2) is 18.5 Å². The zero-order valence-corrected chi connectivity index (χ0v) is 13.2. The fourth-order valence-electron chi connectivity index (χ4n) is 2.92. The molecule has 0 spiro atoms. The number of nitrogens with one attached hydrogen (secondary N) is 3. The van der Waals surface area contributed by atoms with E-state index in [4.69, 9.17) is 5.11 Å². The lowest BCUT2D eigenvalue weighted by molar-refractivity contribution is 0.118. The highest BCUT2D eigenvalue weighted by atomic mass is 16.4. The van der Waals surface area contributed by atoms with E-state index in [-0.39, 0.29) is 11.9 Å². The highest BCUT2D eigenvalue weighted by molar-refractivity contribution is 5.89. The molecular weight excluding hydrogens is 312 g/mol. The molecule has 24 heavy (non-hydrogen) atoms. The van der Waals surface area contributed by atoms with Crippen LogP contribution in [0.1, 0.15) is 19.3 Å². The summed E-state index contributed by atoms with van der Waals surface area (Å²) in [7, 11) is 0. The summed E-state index contributed by atoms with van der Waals surface area (Å²) in [6.45, 7) is 1.62. The molecule has 1 fully saturated rings. The first-order valence-electron chi connectivity index (χ1n) is 7.94. The van der Waals surface area contributed by atoms with E-state index in [2.05, 4.69) is 25.6 Å². The first-order valence-corrected chi connectivity index (χ1v) is 7.94. The molecule has 0 saturated carbocycles. The third kappa shape index (κ3) is 3.92. The third-order valence-electron chi connectivity index (χ3n) is 4.13. The zero-order chi connectivity index (χ0) is 16.9. The van der Waals surface area contributed by atoms with E-state index in [1.54, 1.807) is 12.3 Å². The standard InChI is InChI=1S/C15H20N6O3/c22-14(20-12-8-18-13-11(19-12)4-6-16-13)17-5-3-10-2-1-7-21(9-10)15(23)24/h4,6,8,10H,1-3,5,7,9H2,(H,16,18)(H,23,24)(H2,17,19,20,22). The van der Waals surface area contributed by atoms with Gasteiger partial charge in [-0.25, -0.2) is 19.6 Å². The minimum absolute atomic E-state index is 0.283. The number of carbonyl (C=O) groups is 2. The van der Waals surface area contributed by atoms with E-state index in [0.717, 1.165) is 19.3 Å². The average molecular weight is 332 g/mol. The molecule has 9 nitrogen and oxygen atoms in total. The van der Waals surface area contributed by atoms with Crippen molar-refractivity contribution in [3.63, 3.8) is 0 Å². The Morgan fingerprint density at radius 1 is 1.46 bits per heavy atom. The molecule has 1 aliphatic heterocycles. The molecule has 0 bridgehead atoms. The van der Waals surface area contributed by atoms with E-state index in [0.29, 0.717) is 36.6 Å². The molecule has 2 aromatic rings. The van der Waals surface area contributed by atoms with Crippen LogP contribution in [0.5, 0.6) is 0 Å². The number of carboxylic acid groups (broad SMARTS) is 1. The number of hydrogen-bond acceptors (Lipinski definition) is 4. The summed E-state index contributed by atoms with van der Waals surface area (Å²) in [5.74, 6) is 0.667. The Morgan fingerprint density at radius 2 is 2.33 bits per heavy atom. The maximum atomic E-state index is 11.9. The van der Waals surface area contributed by atoms with Crippen LogP contribution in [-0.4, -0.2) is 56.7 Å². The highest BCUT2D eigenvalue weighted by Crippen LogP contribution is 2.19. The van der Waals surface area contributed by atoms with Crippen LogP contribution >= 0.6 is 0 Å². The maximum Gasteiger partial charge on any atom is 0.407 e. The third-order valence-corrected chi connectivity index (χ3v) is 4.13. The molecule has 128 valence electrons. The number of piperidine rings is 1. The molecule has 4 N–H and O–H groups in total. The molecule has 1 aliphatic rings. The quantitative estimate of drug-likeness (QED) is 0.680. The van der Waals surface area contributed by atoms with Gasteiger partial charge in [-0.15, -0.1) is 0 Å². The van der Waals surface area contributed by atoms with Crippen molar-refractivity contribution in [2.24, 2.45) is 5.92 Å². The van der Waals surface area contributed by atoms with Crippen LogP contribution in [0, 0.1) is 5.92 Å². The van der Waals surface area contributed by atoms with Gasteiger partial charge in [0.2, 0.25) is 0 Å². The molecule has 0 aliphatic carbocycles. The smallest absolute Gasteiger partial charge is 0.407 e. The van der Waals surface area contributed by atoms with Crippen LogP contribution in [0.2, 0.25) is 0 Å². The number of carbonyl (C=O) groups excluding carboxylic acids is 1. The number of urea groups is 1. The second kappa shape index (κ2) is 7.16. The zero-order valence-electron chi connectivity index (χ0n) is 13.2. The van der Waals surface area contributed by atoms with E-state index < -0.39 is 6.09 Å². The molecule has 1 saturated heterocycles. The predicted molar refractivity (Wildman–Crippen MR) is 87.8 cm³/mol. The number of aromatic nitrogens is 3. The number of rotatable bonds is 4. The van der Waals surface area contributed by atoms with Gasteiger partial charge in [-0.05, 0) is 31.2 Å². The fraction of sp³-hybridized carbons (Fsp3) is 0.467. The van der Waals surface area contributed by atoms with Crippen LogP contribution in [0.4, 0.5) is 15.4 Å². The topological polar surface area (TPSA) is 123 Å². The normalized spacial score (nSPS) is 17.7. The van der Waals surface area contributed by atoms with Crippen LogP contribution in [-0.2, 0) is 0 Å². The first-order chi connectivity index (χ1) is 11.6. The number of nitrogens with zero attached hydrogens (tertiary/aromatic N) is 3. The van der Waals surface area contributed by atoms with Gasteiger partial charge in [-0.3, -0.25) is 5.32 Å². The maximum absolute atomic E-state index is 11.9. The molecule has 2 aromatic heterocycles. The molecule has 3 rings (SSSR count). The SMILES string of the molecule is O=C(NCCC1CCCN(C(=O)O)C1)Nc1cnc2[nH]ccc2n1. The van der Waals surface area contributed by atoms with E-state index in [9.17, 15) is 9.59 Å². The summed E-state index contributed by atoms with van der Waals surface area (Å²) < 4.78 is 0. The molecular formula is C15H20N6O3. The van der Waals surface area contributed by atoms with Crippen LogP contribution in [0.3, 0.4) is 0 Å². The number of H-pyrrole nitrogens is 1. The van der Waals surface area contributed by atoms with Gasteiger partial charge in [-0.1, -0.05) is 0 Å². The van der Waals surface area contributed by atoms with Crippen molar-refractivity contribution in [1.82, 2.24) is 25.2 Å². The van der Waals surface area contributed by atoms with Gasteiger partial charge >= 0.3 is 12.1 Å². The van der Waals surface area contributed by atoms with E-state index >= 15 is 0 Å². The fourth-order valence-corrected chi connectivity index (χ4v) is 2.92. The van der Waals surface area contributed by atoms with Gasteiger partial charge < -0.3 is 20.3 Å². The van der Waals surface area contributed by atoms with Crippen molar-refractivity contribution in [3.05, 3.63) is 18.5 Å². The lowest BCUT2D eigenvalue weighted by atomic mass is 9.95. The Hall–Kier alpha value is -2.84. The average Bonchev–Trinajstić information content (AvgIpc) is 3.03. The molecule has 0 aromatic carbocycles. The van der Waals surface area contributed by atoms with E-state index in [1.165, 1.54) is 11.1 Å². The van der Waals surface area contributed by atoms with Gasteiger partial charge in [0.1, 0.15) is 5.52 Å². The molecule has 0 radical (unpaired) electrons. The first kappa shape index (κ1) is 16.0. The summed E-state index contributed by atoms with van der Waals surface area (Å²) in [6, 6.07) is 1.44. The van der Waals surface area contributed by atoms with Crippen molar-refractivity contribution in [3.8, 4) is 0 Å². The Morgan fingerprint density at radius 3 is 3.17 bits per heavy atom. The Bertz CT molecular complexity index is 731. The van der Waals surface area contributed by atoms with E-state index in [1.807, 2.05) is 0 Å². The molecule has 3 heterocycles. The lowest BCUT2D eigenvalue weighted by Crippen LogP contribution is -2.40. The largest absolute Gasteiger partial charge is 0.465 e. The van der Waals surface area contributed by atoms with Gasteiger partial charge in [0.05, 0.1) is 6.20 Å². The van der Waals surface area contributed by atoms with Gasteiger partial charge in [0.15, 0.2) is 11.5 Å². The second-order valence-electron chi connectivity index (χ2n) is 5.87. The second-order valence-corrected chi connectivity index (χ2v) is 5.87. The molecule has 1 unspecified atom stereocenters. The van der Waals surface area contributed by atoms with Gasteiger partial charge in [0, 0.05) is 25.8 Å².